The molecule has 0 bridgehead atoms. The summed E-state index contributed by atoms with van der Waals surface area (Å²) in [5.74, 6) is -0.958. The second-order valence-electron chi connectivity index (χ2n) is 9.67. The molecule has 0 aliphatic rings. The molecule has 0 unspecified atom stereocenters. The zero-order chi connectivity index (χ0) is 30.3. The van der Waals surface area contributed by atoms with E-state index in [0.717, 1.165) is 16.4 Å². The summed E-state index contributed by atoms with van der Waals surface area (Å²) in [5, 5.41) is 14.6. The van der Waals surface area contributed by atoms with Crippen LogP contribution in [-0.4, -0.2) is 49.2 Å². The third-order valence-electron chi connectivity index (χ3n) is 6.17. The van der Waals surface area contributed by atoms with Crippen molar-refractivity contribution < 1.29 is 22.9 Å². The molecular weight excluding hydrogens is 591 g/mol. The Hall–Kier alpha value is -3.67. The molecule has 0 saturated carbocycles. The minimum atomic E-state index is -4.30. The van der Waals surface area contributed by atoms with Crippen molar-refractivity contribution in [1.29, 1.82) is 0 Å². The van der Waals surface area contributed by atoms with Gasteiger partial charge in [0.15, 0.2) is 0 Å². The highest BCUT2D eigenvalue weighted by atomic mass is 35.5. The van der Waals surface area contributed by atoms with E-state index in [2.05, 4.69) is 5.32 Å². The molecule has 3 aromatic rings. The van der Waals surface area contributed by atoms with Gasteiger partial charge in [0.2, 0.25) is 11.8 Å². The Morgan fingerprint density at radius 3 is 2.17 bits per heavy atom. The minimum absolute atomic E-state index is 0.0363. The molecule has 3 aromatic carbocycles. The van der Waals surface area contributed by atoms with Crippen LogP contribution >= 0.6 is 23.2 Å². The first-order valence-corrected chi connectivity index (χ1v) is 14.8. The van der Waals surface area contributed by atoms with Gasteiger partial charge >= 0.3 is 0 Å². The molecule has 0 fully saturated rings. The van der Waals surface area contributed by atoms with Crippen molar-refractivity contribution in [3.63, 3.8) is 0 Å². The Bertz CT molecular complexity index is 1500. The van der Waals surface area contributed by atoms with Crippen molar-refractivity contribution in [2.45, 2.75) is 38.3 Å². The Labute approximate surface area is 249 Å². The lowest BCUT2D eigenvalue weighted by Gasteiger charge is -2.32. The van der Waals surface area contributed by atoms with E-state index in [0.29, 0.717) is 17.1 Å². The number of rotatable bonds is 12. The van der Waals surface area contributed by atoms with Gasteiger partial charge in [-0.05, 0) is 54.8 Å². The Balaban J connectivity index is 2.04. The number of amides is 2. The fraction of sp³-hybridized carbons (Fsp3) is 0.286. The summed E-state index contributed by atoms with van der Waals surface area (Å²) < 4.78 is 28.4. The van der Waals surface area contributed by atoms with Crippen LogP contribution in [0.3, 0.4) is 0 Å². The van der Waals surface area contributed by atoms with Crippen molar-refractivity contribution in [3.8, 4) is 0 Å². The van der Waals surface area contributed by atoms with E-state index in [9.17, 15) is 28.1 Å². The summed E-state index contributed by atoms with van der Waals surface area (Å²) in [6.45, 7) is 4.98. The van der Waals surface area contributed by atoms with Crippen LogP contribution in [0, 0.1) is 16.0 Å². The van der Waals surface area contributed by atoms with Gasteiger partial charge < -0.3 is 10.2 Å². The van der Waals surface area contributed by atoms with Crippen LogP contribution in [0.5, 0.6) is 0 Å². The van der Waals surface area contributed by atoms with Gasteiger partial charge in [0.25, 0.3) is 15.7 Å². The van der Waals surface area contributed by atoms with Crippen molar-refractivity contribution in [1.82, 2.24) is 10.2 Å². The lowest BCUT2D eigenvalue weighted by atomic mass is 10.1. The molecule has 1 N–H and O–H groups in total. The van der Waals surface area contributed by atoms with E-state index < -0.39 is 39.3 Å². The molecule has 3 rings (SSSR count). The first-order chi connectivity index (χ1) is 19.3. The molecule has 0 aliphatic carbocycles. The van der Waals surface area contributed by atoms with Crippen molar-refractivity contribution in [3.05, 3.63) is 98.5 Å². The average Bonchev–Trinajstić information content (AvgIpc) is 2.94. The Morgan fingerprint density at radius 2 is 1.61 bits per heavy atom. The van der Waals surface area contributed by atoms with E-state index in [1.54, 1.807) is 37.3 Å². The van der Waals surface area contributed by atoms with E-state index in [1.807, 2.05) is 13.8 Å². The number of carbonyl (C=O) groups excluding carboxylic acids is 2. The van der Waals surface area contributed by atoms with Gasteiger partial charge in [0.1, 0.15) is 12.6 Å². The molecule has 0 aliphatic heterocycles. The maximum absolute atomic E-state index is 13.9. The number of nitro benzene ring substituents is 1. The SMILES string of the molecule is CC(C)CNC(=O)[C@H](C)N(Cc1ccc(Cl)cc1Cl)C(=O)CN(c1ccc([N+](=O)[O-])cc1)S(=O)(=O)c1ccccc1. The Morgan fingerprint density at radius 1 is 0.976 bits per heavy atom. The quantitative estimate of drug-likeness (QED) is 0.216. The largest absolute Gasteiger partial charge is 0.354 e. The number of nitrogens with zero attached hydrogens (tertiary/aromatic N) is 3. The molecule has 41 heavy (non-hydrogen) atoms. The number of carbonyl (C=O) groups is 2. The fourth-order valence-electron chi connectivity index (χ4n) is 3.86. The lowest BCUT2D eigenvalue weighted by molar-refractivity contribution is -0.384. The summed E-state index contributed by atoms with van der Waals surface area (Å²) in [5.41, 5.74) is 0.293. The molecular formula is C28H30Cl2N4O6S. The third kappa shape index (κ3) is 8.18. The van der Waals surface area contributed by atoms with E-state index in [4.69, 9.17) is 23.2 Å². The van der Waals surface area contributed by atoms with Gasteiger partial charge in [0.05, 0.1) is 15.5 Å². The second-order valence-corrected chi connectivity index (χ2v) is 12.4. The molecule has 0 spiro atoms. The number of halogens is 2. The third-order valence-corrected chi connectivity index (χ3v) is 8.54. The summed E-state index contributed by atoms with van der Waals surface area (Å²) in [6, 6.07) is 16.0. The summed E-state index contributed by atoms with van der Waals surface area (Å²) in [6.07, 6.45) is 0. The van der Waals surface area contributed by atoms with Crippen LogP contribution in [0.4, 0.5) is 11.4 Å². The van der Waals surface area contributed by atoms with Gasteiger partial charge in [-0.15, -0.1) is 0 Å². The molecule has 1 atom stereocenters. The van der Waals surface area contributed by atoms with E-state index >= 15 is 0 Å². The lowest BCUT2D eigenvalue weighted by Crippen LogP contribution is -2.51. The molecule has 0 radical (unpaired) electrons. The van der Waals surface area contributed by atoms with Crippen molar-refractivity contribution in [2.24, 2.45) is 5.92 Å². The standard InChI is InChI=1S/C28H30Cl2N4O6S/c1-19(2)16-31-28(36)20(3)32(17-21-9-10-22(29)15-26(21)30)27(35)18-33(23-11-13-24(14-12-23)34(37)38)41(39,40)25-7-5-4-6-8-25/h4-15,19-20H,16-18H2,1-3H3,(H,31,36)/t20-/m0/s1. The summed E-state index contributed by atoms with van der Waals surface area (Å²) in [4.78, 5) is 38.7. The number of nitro groups is 1. The molecule has 0 heterocycles. The predicted octanol–water partition coefficient (Wildman–Crippen LogP) is 5.29. The minimum Gasteiger partial charge on any atom is -0.354 e. The Kier molecular flexibility index (Phi) is 10.7. The molecule has 218 valence electrons. The van der Waals surface area contributed by atoms with Gasteiger partial charge in [-0.3, -0.25) is 24.0 Å². The van der Waals surface area contributed by atoms with Crippen molar-refractivity contribution >= 4 is 56.4 Å². The average molecular weight is 622 g/mol. The number of sulfonamides is 1. The highest BCUT2D eigenvalue weighted by Crippen LogP contribution is 2.27. The first-order valence-electron chi connectivity index (χ1n) is 12.6. The number of nitrogens with one attached hydrogen (secondary N) is 1. The van der Waals surface area contributed by atoms with Gasteiger partial charge in [-0.2, -0.15) is 0 Å². The van der Waals surface area contributed by atoms with Crippen LogP contribution in [-0.2, 0) is 26.2 Å². The van der Waals surface area contributed by atoms with Crippen molar-refractivity contribution in [2.75, 3.05) is 17.4 Å². The smallest absolute Gasteiger partial charge is 0.269 e. The highest BCUT2D eigenvalue weighted by molar-refractivity contribution is 7.92. The van der Waals surface area contributed by atoms with Crippen LogP contribution in [0.15, 0.2) is 77.7 Å². The predicted molar refractivity (Wildman–Crippen MR) is 158 cm³/mol. The molecule has 2 amide bonds. The van der Waals surface area contributed by atoms with Gasteiger partial charge in [-0.1, -0.05) is 61.3 Å². The maximum Gasteiger partial charge on any atom is 0.269 e. The second kappa shape index (κ2) is 13.8. The normalized spacial score (nSPS) is 12.0. The maximum atomic E-state index is 13.9. The zero-order valence-corrected chi connectivity index (χ0v) is 25.0. The number of hydrogen-bond donors (Lipinski definition) is 1. The summed E-state index contributed by atoms with van der Waals surface area (Å²) in [7, 11) is -4.30. The molecule has 10 nitrogen and oxygen atoms in total. The van der Waals surface area contributed by atoms with Gasteiger partial charge in [-0.25, -0.2) is 8.42 Å². The van der Waals surface area contributed by atoms with Gasteiger partial charge in [0, 0.05) is 35.3 Å². The molecule has 0 aromatic heterocycles. The van der Waals surface area contributed by atoms with Crippen LogP contribution in [0.2, 0.25) is 10.0 Å². The number of hydrogen-bond acceptors (Lipinski definition) is 6. The number of anilines is 1. The summed E-state index contributed by atoms with van der Waals surface area (Å²) >= 11 is 12.4. The number of non-ortho nitro benzene ring substituents is 1. The first kappa shape index (κ1) is 31.9. The zero-order valence-electron chi connectivity index (χ0n) is 22.7. The highest BCUT2D eigenvalue weighted by Gasteiger charge is 2.33. The van der Waals surface area contributed by atoms with Crippen LogP contribution in [0.25, 0.3) is 0 Å². The van der Waals surface area contributed by atoms with Crippen LogP contribution < -0.4 is 9.62 Å². The number of benzene rings is 3. The fourth-order valence-corrected chi connectivity index (χ4v) is 5.76. The monoisotopic (exact) mass is 620 g/mol. The van der Waals surface area contributed by atoms with E-state index in [1.165, 1.54) is 35.2 Å². The van der Waals surface area contributed by atoms with E-state index in [-0.39, 0.29) is 33.8 Å². The molecule has 0 saturated heterocycles. The molecule has 13 heteroatoms. The topological polar surface area (TPSA) is 130 Å². The van der Waals surface area contributed by atoms with Crippen LogP contribution in [0.1, 0.15) is 26.3 Å².